The molecule has 1 aliphatic rings. The summed E-state index contributed by atoms with van der Waals surface area (Å²) in [5.41, 5.74) is 6.21. The van der Waals surface area contributed by atoms with Crippen molar-refractivity contribution in [3.05, 3.63) is 51.8 Å². The van der Waals surface area contributed by atoms with E-state index in [1.54, 1.807) is 0 Å². The zero-order valence-electron chi connectivity index (χ0n) is 14.0. The number of carbonyl (C=O) groups excluding carboxylic acids is 1. The molecule has 0 atom stereocenters. The fraction of sp³-hybridized carbons (Fsp3) is 0.375. The molecule has 0 radical (unpaired) electrons. The Morgan fingerprint density at radius 1 is 1.24 bits per heavy atom. The summed E-state index contributed by atoms with van der Waals surface area (Å²) in [6.07, 6.45) is 1.20. The highest BCUT2D eigenvalue weighted by molar-refractivity contribution is 5.94. The van der Waals surface area contributed by atoms with Crippen LogP contribution in [0.25, 0.3) is 5.69 Å². The van der Waals surface area contributed by atoms with Gasteiger partial charge in [0.1, 0.15) is 6.20 Å². The Kier molecular flexibility index (Phi) is 4.77. The molecule has 1 aromatic carbocycles. The molecule has 132 valence electrons. The Morgan fingerprint density at radius 3 is 2.40 bits per heavy atom. The average molecular weight is 344 g/mol. The first kappa shape index (κ1) is 17.1. The predicted molar refractivity (Wildman–Crippen MR) is 91.5 cm³/mol. The lowest BCUT2D eigenvalue weighted by molar-refractivity contribution is -0.385. The second kappa shape index (κ2) is 6.99. The van der Waals surface area contributed by atoms with Crippen molar-refractivity contribution >= 4 is 11.6 Å². The topological polar surface area (TPSA) is 111 Å². The molecule has 0 saturated carbocycles. The number of benzene rings is 1. The van der Waals surface area contributed by atoms with Crippen LogP contribution < -0.4 is 5.73 Å². The monoisotopic (exact) mass is 344 g/mol. The predicted octanol–water partition coefficient (Wildman–Crippen LogP) is 0.627. The van der Waals surface area contributed by atoms with Crippen LogP contribution in [0.4, 0.5) is 5.69 Å². The highest BCUT2D eigenvalue weighted by Crippen LogP contribution is 2.20. The second-order valence-electron chi connectivity index (χ2n) is 6.17. The average Bonchev–Trinajstić information content (AvgIpc) is 3.04. The van der Waals surface area contributed by atoms with Crippen LogP contribution in [0.15, 0.2) is 30.5 Å². The Bertz CT molecular complexity index is 746. The first-order chi connectivity index (χ1) is 11.9. The first-order valence-corrected chi connectivity index (χ1v) is 7.98. The Morgan fingerprint density at radius 2 is 1.88 bits per heavy atom. The Hall–Kier alpha value is -2.78. The van der Waals surface area contributed by atoms with Crippen molar-refractivity contribution in [2.75, 3.05) is 33.2 Å². The van der Waals surface area contributed by atoms with Crippen molar-refractivity contribution in [2.24, 2.45) is 5.73 Å². The van der Waals surface area contributed by atoms with E-state index in [4.69, 9.17) is 5.73 Å². The Balaban J connectivity index is 1.75. The molecule has 0 bridgehead atoms. The summed E-state index contributed by atoms with van der Waals surface area (Å²) in [5.74, 6) is -0.919. The van der Waals surface area contributed by atoms with Gasteiger partial charge in [-0.05, 0) is 24.7 Å². The number of rotatable bonds is 5. The van der Waals surface area contributed by atoms with E-state index < -0.39 is 16.5 Å². The maximum atomic E-state index is 11.3. The van der Waals surface area contributed by atoms with E-state index in [2.05, 4.69) is 21.9 Å². The number of piperazine rings is 1. The molecule has 1 amide bonds. The third kappa shape index (κ3) is 3.83. The minimum absolute atomic E-state index is 0.341. The quantitative estimate of drug-likeness (QED) is 0.629. The SMILES string of the molecule is CN1CCN(Cc2ccc(-n3cc([N+](=O)[O-])c(C(N)=O)n3)cc2)CC1. The minimum Gasteiger partial charge on any atom is -0.364 e. The summed E-state index contributed by atoms with van der Waals surface area (Å²) in [7, 11) is 2.12. The molecule has 1 aromatic heterocycles. The molecule has 25 heavy (non-hydrogen) atoms. The largest absolute Gasteiger partial charge is 0.364 e. The number of nitro groups is 1. The van der Waals surface area contributed by atoms with Crippen molar-refractivity contribution in [3.63, 3.8) is 0 Å². The normalized spacial score (nSPS) is 16.0. The number of hydrogen-bond donors (Lipinski definition) is 1. The van der Waals surface area contributed by atoms with Crippen LogP contribution in [0.1, 0.15) is 16.1 Å². The molecule has 2 heterocycles. The van der Waals surface area contributed by atoms with Crippen molar-refractivity contribution in [1.82, 2.24) is 19.6 Å². The molecule has 1 saturated heterocycles. The number of likely N-dealkylation sites (N-methyl/N-ethyl adjacent to an activating group) is 1. The molecule has 0 aliphatic carbocycles. The van der Waals surface area contributed by atoms with Crippen LogP contribution in [0.3, 0.4) is 0 Å². The fourth-order valence-corrected chi connectivity index (χ4v) is 2.82. The van der Waals surface area contributed by atoms with Gasteiger partial charge in [0.25, 0.3) is 5.91 Å². The molecule has 0 spiro atoms. The lowest BCUT2D eigenvalue weighted by Crippen LogP contribution is -2.43. The van der Waals surface area contributed by atoms with E-state index in [9.17, 15) is 14.9 Å². The lowest BCUT2D eigenvalue weighted by atomic mass is 10.2. The summed E-state index contributed by atoms with van der Waals surface area (Å²) in [6, 6.07) is 7.58. The smallest absolute Gasteiger partial charge is 0.320 e. The zero-order valence-corrected chi connectivity index (χ0v) is 14.0. The number of nitrogens with two attached hydrogens (primary N) is 1. The van der Waals surface area contributed by atoms with E-state index in [1.165, 1.54) is 10.9 Å². The van der Waals surface area contributed by atoms with Crippen molar-refractivity contribution in [3.8, 4) is 5.69 Å². The van der Waals surface area contributed by atoms with E-state index >= 15 is 0 Å². The molecule has 9 nitrogen and oxygen atoms in total. The van der Waals surface area contributed by atoms with Crippen LogP contribution in [0, 0.1) is 10.1 Å². The zero-order chi connectivity index (χ0) is 18.0. The molecule has 9 heteroatoms. The van der Waals surface area contributed by atoms with Crippen molar-refractivity contribution in [1.29, 1.82) is 0 Å². The van der Waals surface area contributed by atoms with Gasteiger partial charge in [0, 0.05) is 32.7 Å². The number of amides is 1. The lowest BCUT2D eigenvalue weighted by Gasteiger charge is -2.32. The van der Waals surface area contributed by atoms with Crippen molar-refractivity contribution < 1.29 is 9.72 Å². The summed E-state index contributed by atoms with van der Waals surface area (Å²) in [6.45, 7) is 5.05. The van der Waals surface area contributed by atoms with Gasteiger partial charge in [-0.1, -0.05) is 12.1 Å². The highest BCUT2D eigenvalue weighted by atomic mass is 16.6. The number of aromatic nitrogens is 2. The highest BCUT2D eigenvalue weighted by Gasteiger charge is 2.24. The molecular weight excluding hydrogens is 324 g/mol. The molecular formula is C16H20N6O3. The molecule has 3 rings (SSSR count). The van der Waals surface area contributed by atoms with Gasteiger partial charge in [-0.15, -0.1) is 0 Å². The van der Waals surface area contributed by atoms with E-state index in [0.29, 0.717) is 5.69 Å². The molecule has 2 aromatic rings. The summed E-state index contributed by atoms with van der Waals surface area (Å²) >= 11 is 0. The van der Waals surface area contributed by atoms with E-state index in [0.717, 1.165) is 38.3 Å². The van der Waals surface area contributed by atoms with E-state index in [1.807, 2.05) is 24.3 Å². The first-order valence-electron chi connectivity index (χ1n) is 7.98. The molecule has 0 unspecified atom stereocenters. The fourth-order valence-electron chi connectivity index (χ4n) is 2.82. The summed E-state index contributed by atoms with van der Waals surface area (Å²) in [4.78, 5) is 26.3. The van der Waals surface area contributed by atoms with Crippen LogP contribution in [-0.2, 0) is 6.54 Å². The number of hydrogen-bond acceptors (Lipinski definition) is 6. The van der Waals surface area contributed by atoms with Gasteiger partial charge in [-0.25, -0.2) is 4.68 Å². The summed E-state index contributed by atoms with van der Waals surface area (Å²) < 4.78 is 1.30. The maximum absolute atomic E-state index is 11.3. The minimum atomic E-state index is -0.919. The number of carbonyl (C=O) groups is 1. The van der Waals surface area contributed by atoms with Gasteiger partial charge in [-0.3, -0.25) is 19.8 Å². The standard InChI is InChI=1S/C16H20N6O3/c1-19-6-8-20(9-7-19)10-12-2-4-13(5-3-12)21-11-14(22(24)25)15(18-21)16(17)23/h2-5,11H,6-10H2,1H3,(H2,17,23). The van der Waals surface area contributed by atoms with Crippen molar-refractivity contribution in [2.45, 2.75) is 6.54 Å². The van der Waals surface area contributed by atoms with Gasteiger partial charge in [0.05, 0.1) is 10.6 Å². The number of primary amides is 1. The van der Waals surface area contributed by atoms with Crippen LogP contribution in [0.5, 0.6) is 0 Å². The third-order valence-corrected chi connectivity index (χ3v) is 4.33. The Labute approximate surface area is 144 Å². The van der Waals surface area contributed by atoms with Crippen LogP contribution >= 0.6 is 0 Å². The second-order valence-corrected chi connectivity index (χ2v) is 6.17. The van der Waals surface area contributed by atoms with Crippen LogP contribution in [-0.4, -0.2) is 63.6 Å². The maximum Gasteiger partial charge on any atom is 0.320 e. The molecule has 1 aliphatic heterocycles. The molecule has 2 N–H and O–H groups in total. The van der Waals surface area contributed by atoms with Gasteiger partial charge in [0.15, 0.2) is 0 Å². The van der Waals surface area contributed by atoms with Gasteiger partial charge in [0.2, 0.25) is 5.69 Å². The van der Waals surface area contributed by atoms with Gasteiger partial charge >= 0.3 is 5.69 Å². The van der Waals surface area contributed by atoms with Gasteiger partial charge in [-0.2, -0.15) is 5.10 Å². The molecule has 1 fully saturated rings. The van der Waals surface area contributed by atoms with Crippen LogP contribution in [0.2, 0.25) is 0 Å². The third-order valence-electron chi connectivity index (χ3n) is 4.33. The van der Waals surface area contributed by atoms with E-state index in [-0.39, 0.29) is 5.69 Å². The number of nitrogens with zero attached hydrogens (tertiary/aromatic N) is 5. The summed E-state index contributed by atoms with van der Waals surface area (Å²) in [5, 5.41) is 14.9. The van der Waals surface area contributed by atoms with Gasteiger partial charge < -0.3 is 10.6 Å².